The van der Waals surface area contributed by atoms with Crippen LogP contribution in [-0.4, -0.2) is 25.1 Å². The van der Waals surface area contributed by atoms with E-state index in [9.17, 15) is 14.0 Å². The fraction of sp³-hybridized carbons (Fsp3) is 0.200. The molecule has 0 saturated carbocycles. The van der Waals surface area contributed by atoms with Gasteiger partial charge in [0.15, 0.2) is 0 Å². The summed E-state index contributed by atoms with van der Waals surface area (Å²) in [6, 6.07) is 5.94. The smallest absolute Gasteiger partial charge is 0.350 e. The highest BCUT2D eigenvalue weighted by molar-refractivity contribution is 6.30. The van der Waals surface area contributed by atoms with E-state index in [0.29, 0.717) is 11.3 Å². The summed E-state index contributed by atoms with van der Waals surface area (Å²) in [5.41, 5.74) is 0.793. The Morgan fingerprint density at radius 1 is 1.38 bits per heavy atom. The molecular formula is C15H13ClFN5O2. The second-order valence-corrected chi connectivity index (χ2v) is 5.59. The van der Waals surface area contributed by atoms with Crippen LogP contribution in [0.5, 0.6) is 0 Å². The molecule has 3 aromatic rings. The molecule has 0 radical (unpaired) electrons. The molecule has 3 rings (SSSR count). The molecule has 0 aliphatic heterocycles. The highest BCUT2D eigenvalue weighted by atomic mass is 35.5. The highest BCUT2D eigenvalue weighted by Crippen LogP contribution is 2.15. The van der Waals surface area contributed by atoms with Crippen molar-refractivity contribution in [2.24, 2.45) is 0 Å². The molecule has 0 saturated heterocycles. The Morgan fingerprint density at radius 3 is 2.88 bits per heavy atom. The van der Waals surface area contributed by atoms with Crippen LogP contribution < -0.4 is 11.0 Å². The van der Waals surface area contributed by atoms with Crippen LogP contribution in [0, 0.1) is 12.7 Å². The van der Waals surface area contributed by atoms with Crippen molar-refractivity contribution in [1.82, 2.24) is 24.5 Å². The summed E-state index contributed by atoms with van der Waals surface area (Å²) in [4.78, 5) is 28.2. The maximum Gasteiger partial charge on any atom is 0.352 e. The first-order chi connectivity index (χ1) is 11.5. The van der Waals surface area contributed by atoms with Gasteiger partial charge in [-0.15, -0.1) is 5.10 Å². The van der Waals surface area contributed by atoms with Gasteiger partial charge in [-0.25, -0.2) is 23.3 Å². The minimum Gasteiger partial charge on any atom is -0.350 e. The molecule has 0 bridgehead atoms. The van der Waals surface area contributed by atoms with Gasteiger partial charge in [0, 0.05) is 18.4 Å². The third-order valence-corrected chi connectivity index (χ3v) is 3.75. The molecule has 124 valence electrons. The Morgan fingerprint density at radius 2 is 2.17 bits per heavy atom. The largest absolute Gasteiger partial charge is 0.352 e. The number of hydrogen-bond acceptors (Lipinski definition) is 4. The number of carbonyl (C=O) groups excluding carboxylic acids is 1. The number of nitrogens with one attached hydrogen (secondary N) is 1. The summed E-state index contributed by atoms with van der Waals surface area (Å²) in [6.07, 6.45) is 1.54. The zero-order valence-electron chi connectivity index (χ0n) is 12.7. The molecule has 9 heteroatoms. The van der Waals surface area contributed by atoms with Crippen LogP contribution in [-0.2, 0) is 17.9 Å². The first-order valence-electron chi connectivity index (χ1n) is 7.07. The molecule has 1 aromatic carbocycles. The molecule has 0 aliphatic carbocycles. The number of amides is 1. The molecule has 0 atom stereocenters. The van der Waals surface area contributed by atoms with Gasteiger partial charge in [-0.3, -0.25) is 4.79 Å². The fourth-order valence-electron chi connectivity index (χ4n) is 2.22. The minimum atomic E-state index is -0.554. The number of hydrogen-bond donors (Lipinski definition) is 1. The van der Waals surface area contributed by atoms with Crippen LogP contribution >= 0.6 is 11.6 Å². The zero-order valence-corrected chi connectivity index (χ0v) is 13.4. The summed E-state index contributed by atoms with van der Waals surface area (Å²) in [5, 5.41) is 6.63. The van der Waals surface area contributed by atoms with E-state index in [0.717, 1.165) is 4.68 Å². The molecule has 2 heterocycles. The number of benzene rings is 1. The van der Waals surface area contributed by atoms with Crippen molar-refractivity contribution in [2.75, 3.05) is 0 Å². The summed E-state index contributed by atoms with van der Waals surface area (Å²) in [7, 11) is 0. The van der Waals surface area contributed by atoms with Gasteiger partial charge >= 0.3 is 5.69 Å². The molecule has 24 heavy (non-hydrogen) atoms. The maximum atomic E-state index is 13.3. The van der Waals surface area contributed by atoms with Crippen molar-refractivity contribution < 1.29 is 9.18 Å². The van der Waals surface area contributed by atoms with Crippen LogP contribution in [0.4, 0.5) is 4.39 Å². The topological polar surface area (TPSA) is 81.3 Å². The van der Waals surface area contributed by atoms with Gasteiger partial charge in [0.1, 0.15) is 12.4 Å². The van der Waals surface area contributed by atoms with Gasteiger partial charge in [-0.05, 0) is 30.7 Å². The lowest BCUT2D eigenvalue weighted by atomic mass is 10.2. The van der Waals surface area contributed by atoms with E-state index in [1.54, 1.807) is 19.1 Å². The van der Waals surface area contributed by atoms with Crippen LogP contribution in [0.2, 0.25) is 5.02 Å². The summed E-state index contributed by atoms with van der Waals surface area (Å²) >= 11 is 5.60. The predicted molar refractivity (Wildman–Crippen MR) is 85.2 cm³/mol. The van der Waals surface area contributed by atoms with Gasteiger partial charge in [0.2, 0.25) is 5.91 Å². The van der Waals surface area contributed by atoms with E-state index in [-0.39, 0.29) is 23.9 Å². The van der Waals surface area contributed by atoms with E-state index >= 15 is 0 Å². The van der Waals surface area contributed by atoms with Crippen molar-refractivity contribution >= 4 is 23.3 Å². The fourth-order valence-corrected chi connectivity index (χ4v) is 2.34. The molecular weight excluding hydrogens is 337 g/mol. The van der Waals surface area contributed by atoms with E-state index in [4.69, 9.17) is 11.6 Å². The summed E-state index contributed by atoms with van der Waals surface area (Å²) in [6.45, 7) is 1.61. The molecule has 1 amide bonds. The van der Waals surface area contributed by atoms with Crippen LogP contribution in [0.1, 0.15) is 11.3 Å². The van der Waals surface area contributed by atoms with Crippen molar-refractivity contribution in [3.8, 4) is 0 Å². The lowest BCUT2D eigenvalue weighted by molar-refractivity contribution is -0.122. The van der Waals surface area contributed by atoms with Gasteiger partial charge in [0.25, 0.3) is 5.78 Å². The van der Waals surface area contributed by atoms with Crippen molar-refractivity contribution in [2.45, 2.75) is 20.0 Å². The Labute approximate surface area is 140 Å². The van der Waals surface area contributed by atoms with Gasteiger partial charge in [0.05, 0.1) is 5.02 Å². The van der Waals surface area contributed by atoms with E-state index in [1.807, 2.05) is 0 Å². The number of halogens is 2. The highest BCUT2D eigenvalue weighted by Gasteiger charge is 2.12. The van der Waals surface area contributed by atoms with Crippen LogP contribution in [0.3, 0.4) is 0 Å². The molecule has 1 N–H and O–H groups in total. The molecule has 0 unspecified atom stereocenters. The van der Waals surface area contributed by atoms with E-state index in [2.05, 4.69) is 15.4 Å². The summed E-state index contributed by atoms with van der Waals surface area (Å²) < 4.78 is 15.7. The minimum absolute atomic E-state index is 0.0178. The second kappa shape index (κ2) is 6.40. The number of aryl methyl sites for hydroxylation is 1. The van der Waals surface area contributed by atoms with Crippen molar-refractivity contribution in [3.63, 3.8) is 0 Å². The first kappa shape index (κ1) is 16.1. The van der Waals surface area contributed by atoms with Crippen molar-refractivity contribution in [3.05, 3.63) is 63.0 Å². The molecule has 0 aliphatic rings. The lowest BCUT2D eigenvalue weighted by Gasteiger charge is -2.05. The number of aromatic nitrogens is 4. The maximum absolute atomic E-state index is 13.3. The predicted octanol–water partition coefficient (Wildman–Crippen LogP) is 1.31. The molecule has 0 spiro atoms. The number of fused-ring (bicyclic) bond motifs is 1. The van der Waals surface area contributed by atoms with E-state index < -0.39 is 17.4 Å². The SMILES string of the molecule is Cc1ccnc2nn(CC(=O)NCc3ccc(Cl)c(F)c3)c(=O)n12. The number of carbonyl (C=O) groups is 1. The average Bonchev–Trinajstić information content (AvgIpc) is 2.86. The third-order valence-electron chi connectivity index (χ3n) is 3.45. The van der Waals surface area contributed by atoms with E-state index in [1.165, 1.54) is 22.7 Å². The third kappa shape index (κ3) is 3.13. The lowest BCUT2D eigenvalue weighted by Crippen LogP contribution is -2.32. The van der Waals surface area contributed by atoms with Crippen LogP contribution in [0.25, 0.3) is 5.78 Å². The Balaban J connectivity index is 1.71. The molecule has 2 aromatic heterocycles. The first-order valence-corrected chi connectivity index (χ1v) is 7.45. The number of nitrogens with zero attached hydrogens (tertiary/aromatic N) is 4. The standard InChI is InChI=1S/C15H13ClFN5O2/c1-9-4-5-18-14-20-21(15(24)22(9)14)8-13(23)19-7-10-2-3-11(16)12(17)6-10/h2-6H,7-8H2,1H3,(H,19,23). The zero-order chi connectivity index (χ0) is 17.3. The summed E-state index contributed by atoms with van der Waals surface area (Å²) in [5.74, 6) is -0.748. The Bertz CT molecular complexity index is 982. The monoisotopic (exact) mass is 349 g/mol. The molecule has 7 nitrogen and oxygen atoms in total. The quantitative estimate of drug-likeness (QED) is 0.770. The van der Waals surface area contributed by atoms with Gasteiger partial charge in [-0.1, -0.05) is 17.7 Å². The average molecular weight is 350 g/mol. The van der Waals surface area contributed by atoms with Crippen molar-refractivity contribution in [1.29, 1.82) is 0 Å². The second-order valence-electron chi connectivity index (χ2n) is 5.19. The molecule has 0 fully saturated rings. The number of rotatable bonds is 4. The van der Waals surface area contributed by atoms with Gasteiger partial charge < -0.3 is 5.32 Å². The Kier molecular flexibility index (Phi) is 4.30. The Hall–Kier alpha value is -2.74. The normalized spacial score (nSPS) is 11.0. The van der Waals surface area contributed by atoms with Gasteiger partial charge in [-0.2, -0.15) is 0 Å². The van der Waals surface area contributed by atoms with Crippen LogP contribution in [0.15, 0.2) is 35.3 Å².